The van der Waals surface area contributed by atoms with Crippen molar-refractivity contribution in [1.29, 1.82) is 0 Å². The summed E-state index contributed by atoms with van der Waals surface area (Å²) in [5.41, 5.74) is 0. The molecular formula is C12H16BrClN2O2S. The lowest BCUT2D eigenvalue weighted by atomic mass is 10.1. The van der Waals surface area contributed by atoms with Crippen LogP contribution >= 0.6 is 27.5 Å². The van der Waals surface area contributed by atoms with Gasteiger partial charge in [-0.05, 0) is 32.0 Å². The van der Waals surface area contributed by atoms with Crippen molar-refractivity contribution in [3.63, 3.8) is 0 Å². The zero-order valence-corrected chi connectivity index (χ0v) is 13.9. The molecule has 0 amide bonds. The Morgan fingerprint density at radius 2 is 2.11 bits per heavy atom. The first-order valence-electron chi connectivity index (χ1n) is 6.04. The first kappa shape index (κ1) is 15.3. The molecular weight excluding hydrogens is 352 g/mol. The van der Waals surface area contributed by atoms with E-state index in [9.17, 15) is 8.42 Å². The number of benzene rings is 1. The second kappa shape index (κ2) is 5.69. The number of nitrogens with zero attached hydrogens (tertiary/aromatic N) is 1. The van der Waals surface area contributed by atoms with E-state index in [0.29, 0.717) is 13.1 Å². The van der Waals surface area contributed by atoms with Crippen LogP contribution in [0.2, 0.25) is 5.02 Å². The normalized spacial score (nSPS) is 25.5. The summed E-state index contributed by atoms with van der Waals surface area (Å²) in [5, 5.41) is 3.51. The van der Waals surface area contributed by atoms with Crippen molar-refractivity contribution in [2.75, 3.05) is 13.1 Å². The van der Waals surface area contributed by atoms with Gasteiger partial charge in [-0.1, -0.05) is 27.5 Å². The zero-order chi connectivity index (χ0) is 14.2. The summed E-state index contributed by atoms with van der Waals surface area (Å²) in [4.78, 5) is 0.165. The average molecular weight is 368 g/mol. The fourth-order valence-corrected chi connectivity index (χ4v) is 4.89. The Labute approximate surface area is 127 Å². The van der Waals surface area contributed by atoms with Gasteiger partial charge in [-0.15, -0.1) is 0 Å². The SMILES string of the molecule is CC1NCCN(S(=O)(=O)c2ccc(Br)cc2Cl)C1C. The van der Waals surface area contributed by atoms with Crippen LogP contribution in [-0.2, 0) is 10.0 Å². The number of halogens is 2. The maximum atomic E-state index is 12.7. The fourth-order valence-electron chi connectivity index (χ4n) is 2.18. The van der Waals surface area contributed by atoms with E-state index in [1.807, 2.05) is 13.8 Å². The molecule has 2 atom stereocenters. The summed E-state index contributed by atoms with van der Waals surface area (Å²) < 4.78 is 27.6. The average Bonchev–Trinajstić information content (AvgIpc) is 2.31. The summed E-state index contributed by atoms with van der Waals surface area (Å²) in [7, 11) is -3.55. The van der Waals surface area contributed by atoms with Crippen LogP contribution in [0.4, 0.5) is 0 Å². The van der Waals surface area contributed by atoms with Gasteiger partial charge < -0.3 is 5.32 Å². The predicted octanol–water partition coefficient (Wildman–Crippen LogP) is 2.47. The third-order valence-corrected chi connectivity index (χ3v) is 6.42. The predicted molar refractivity (Wildman–Crippen MR) is 80.0 cm³/mol. The smallest absolute Gasteiger partial charge is 0.244 e. The topological polar surface area (TPSA) is 49.4 Å². The van der Waals surface area contributed by atoms with E-state index in [-0.39, 0.29) is 22.0 Å². The molecule has 0 saturated carbocycles. The molecule has 2 rings (SSSR count). The molecule has 0 spiro atoms. The number of hydrogen-bond acceptors (Lipinski definition) is 3. The molecule has 1 aliphatic rings. The van der Waals surface area contributed by atoms with Crippen molar-refractivity contribution < 1.29 is 8.42 Å². The molecule has 2 unspecified atom stereocenters. The Morgan fingerprint density at radius 1 is 1.42 bits per heavy atom. The lowest BCUT2D eigenvalue weighted by Gasteiger charge is -2.37. The highest BCUT2D eigenvalue weighted by Crippen LogP contribution is 2.29. The third-order valence-electron chi connectivity index (χ3n) is 3.46. The Kier molecular flexibility index (Phi) is 4.57. The second-order valence-electron chi connectivity index (χ2n) is 4.67. The van der Waals surface area contributed by atoms with Gasteiger partial charge in [0, 0.05) is 29.6 Å². The van der Waals surface area contributed by atoms with Crippen LogP contribution in [-0.4, -0.2) is 37.9 Å². The molecule has 4 nitrogen and oxygen atoms in total. The van der Waals surface area contributed by atoms with E-state index in [0.717, 1.165) is 4.47 Å². The van der Waals surface area contributed by atoms with Crippen LogP contribution in [0.25, 0.3) is 0 Å². The summed E-state index contributed by atoms with van der Waals surface area (Å²) >= 11 is 9.34. The molecule has 19 heavy (non-hydrogen) atoms. The monoisotopic (exact) mass is 366 g/mol. The Morgan fingerprint density at radius 3 is 2.74 bits per heavy atom. The molecule has 1 saturated heterocycles. The molecule has 0 aliphatic carbocycles. The fraction of sp³-hybridized carbons (Fsp3) is 0.500. The van der Waals surface area contributed by atoms with Gasteiger partial charge >= 0.3 is 0 Å². The molecule has 1 aromatic rings. The van der Waals surface area contributed by atoms with E-state index >= 15 is 0 Å². The standard InChI is InChI=1S/C12H16BrClN2O2S/c1-8-9(2)16(6-5-15-8)19(17,18)12-4-3-10(13)7-11(12)14/h3-4,7-9,15H,5-6H2,1-2H3. The molecule has 1 aliphatic heterocycles. The van der Waals surface area contributed by atoms with Crippen molar-refractivity contribution in [1.82, 2.24) is 9.62 Å². The number of hydrogen-bond donors (Lipinski definition) is 1. The summed E-state index contributed by atoms with van der Waals surface area (Å²) in [5.74, 6) is 0. The minimum absolute atomic E-state index is 0.0986. The van der Waals surface area contributed by atoms with Gasteiger partial charge in [0.2, 0.25) is 10.0 Å². The maximum Gasteiger partial charge on any atom is 0.244 e. The zero-order valence-electron chi connectivity index (χ0n) is 10.7. The molecule has 0 radical (unpaired) electrons. The van der Waals surface area contributed by atoms with Crippen LogP contribution < -0.4 is 5.32 Å². The van der Waals surface area contributed by atoms with E-state index in [1.165, 1.54) is 4.31 Å². The minimum Gasteiger partial charge on any atom is -0.311 e. The highest BCUT2D eigenvalue weighted by atomic mass is 79.9. The van der Waals surface area contributed by atoms with Gasteiger partial charge in [-0.25, -0.2) is 8.42 Å². The van der Waals surface area contributed by atoms with E-state index in [2.05, 4.69) is 21.2 Å². The van der Waals surface area contributed by atoms with Crippen LogP contribution in [0, 0.1) is 0 Å². The molecule has 1 heterocycles. The number of nitrogens with one attached hydrogen (secondary N) is 1. The maximum absolute atomic E-state index is 12.7. The van der Waals surface area contributed by atoms with Crippen LogP contribution in [0.5, 0.6) is 0 Å². The number of rotatable bonds is 2. The van der Waals surface area contributed by atoms with Crippen molar-refractivity contribution in [2.24, 2.45) is 0 Å². The van der Waals surface area contributed by atoms with Crippen LogP contribution in [0.15, 0.2) is 27.6 Å². The Balaban J connectivity index is 2.41. The molecule has 0 bridgehead atoms. The van der Waals surface area contributed by atoms with Crippen molar-refractivity contribution in [2.45, 2.75) is 30.8 Å². The summed E-state index contributed by atoms with van der Waals surface area (Å²) in [6.07, 6.45) is 0. The second-order valence-corrected chi connectivity index (χ2v) is 7.86. The quantitative estimate of drug-likeness (QED) is 0.873. The lowest BCUT2D eigenvalue weighted by molar-refractivity contribution is 0.233. The molecule has 0 aromatic heterocycles. The molecule has 7 heteroatoms. The van der Waals surface area contributed by atoms with Crippen molar-refractivity contribution >= 4 is 37.6 Å². The van der Waals surface area contributed by atoms with Gasteiger partial charge in [0.25, 0.3) is 0 Å². The van der Waals surface area contributed by atoms with Crippen LogP contribution in [0.1, 0.15) is 13.8 Å². The van der Waals surface area contributed by atoms with Gasteiger partial charge in [0.1, 0.15) is 4.90 Å². The first-order valence-corrected chi connectivity index (χ1v) is 8.65. The summed E-state index contributed by atoms with van der Waals surface area (Å²) in [6, 6.07) is 4.86. The Hall–Kier alpha value is -0.140. The van der Waals surface area contributed by atoms with Gasteiger partial charge in [-0.3, -0.25) is 0 Å². The highest BCUT2D eigenvalue weighted by Gasteiger charge is 2.35. The molecule has 106 valence electrons. The molecule has 1 fully saturated rings. The summed E-state index contributed by atoms with van der Waals surface area (Å²) in [6.45, 7) is 5.00. The van der Waals surface area contributed by atoms with Gasteiger partial charge in [-0.2, -0.15) is 4.31 Å². The van der Waals surface area contributed by atoms with Crippen molar-refractivity contribution in [3.05, 3.63) is 27.7 Å². The lowest BCUT2D eigenvalue weighted by Crippen LogP contribution is -2.57. The number of piperazine rings is 1. The van der Waals surface area contributed by atoms with Crippen LogP contribution in [0.3, 0.4) is 0 Å². The number of sulfonamides is 1. The van der Waals surface area contributed by atoms with E-state index in [4.69, 9.17) is 11.6 Å². The molecule has 1 N–H and O–H groups in total. The highest BCUT2D eigenvalue weighted by molar-refractivity contribution is 9.10. The van der Waals surface area contributed by atoms with E-state index in [1.54, 1.807) is 18.2 Å². The minimum atomic E-state index is -3.55. The molecule has 1 aromatic carbocycles. The van der Waals surface area contributed by atoms with E-state index < -0.39 is 10.0 Å². The third kappa shape index (κ3) is 2.97. The Bertz CT molecular complexity index is 579. The first-order chi connectivity index (χ1) is 8.84. The van der Waals surface area contributed by atoms with Crippen molar-refractivity contribution in [3.8, 4) is 0 Å². The largest absolute Gasteiger partial charge is 0.311 e. The van der Waals surface area contributed by atoms with Gasteiger partial charge in [0.05, 0.1) is 5.02 Å². The van der Waals surface area contributed by atoms with Gasteiger partial charge in [0.15, 0.2) is 0 Å².